The van der Waals surface area contributed by atoms with E-state index >= 15 is 0 Å². The van der Waals surface area contributed by atoms with Gasteiger partial charge in [0.25, 0.3) is 10.0 Å². The molecule has 3 rings (SSSR count). The zero-order valence-electron chi connectivity index (χ0n) is 15.9. The quantitative estimate of drug-likeness (QED) is 0.700. The molecule has 1 aliphatic heterocycles. The molecule has 0 aromatic carbocycles. The molecule has 2 aliphatic rings. The van der Waals surface area contributed by atoms with Crippen LogP contribution < -0.4 is 5.32 Å². The lowest BCUT2D eigenvalue weighted by molar-refractivity contribution is -0.126. The number of nitrogens with zero attached hydrogens (tertiary/aromatic N) is 2. The highest BCUT2D eigenvalue weighted by Crippen LogP contribution is 2.22. The molecule has 0 radical (unpaired) electrons. The number of hydrogen-bond acceptors (Lipinski definition) is 5. The summed E-state index contributed by atoms with van der Waals surface area (Å²) >= 11 is 1.24. The van der Waals surface area contributed by atoms with Gasteiger partial charge in [0, 0.05) is 32.7 Å². The molecule has 0 bridgehead atoms. The van der Waals surface area contributed by atoms with E-state index in [1.54, 1.807) is 17.5 Å². The van der Waals surface area contributed by atoms with Gasteiger partial charge >= 0.3 is 0 Å². The van der Waals surface area contributed by atoms with Crippen molar-refractivity contribution in [3.05, 3.63) is 29.2 Å². The van der Waals surface area contributed by atoms with Crippen LogP contribution in [0.15, 0.2) is 33.4 Å². The highest BCUT2D eigenvalue weighted by Gasteiger charge is 2.32. The summed E-state index contributed by atoms with van der Waals surface area (Å²) in [4.78, 5) is 14.5. The molecular weight excluding hydrogens is 382 g/mol. The third kappa shape index (κ3) is 5.19. The Labute approximate surface area is 166 Å². The molecule has 150 valence electrons. The molecule has 1 N–H and O–H groups in total. The maximum Gasteiger partial charge on any atom is 0.252 e. The SMILES string of the molecule is C[C@@H](C(=O)NCCC1=CCCCC1)N1CCN(S(=O)(=O)c2cccs2)CC1. The summed E-state index contributed by atoms with van der Waals surface area (Å²) < 4.78 is 27.1. The van der Waals surface area contributed by atoms with E-state index in [1.165, 1.54) is 40.5 Å². The first kappa shape index (κ1) is 20.5. The molecule has 1 atom stereocenters. The van der Waals surface area contributed by atoms with Gasteiger partial charge in [-0.2, -0.15) is 4.31 Å². The molecule has 1 amide bonds. The summed E-state index contributed by atoms with van der Waals surface area (Å²) in [7, 11) is -3.40. The maximum atomic E-state index is 12.6. The van der Waals surface area contributed by atoms with Crippen molar-refractivity contribution in [2.45, 2.75) is 49.3 Å². The summed E-state index contributed by atoms with van der Waals surface area (Å²) in [5, 5.41) is 4.82. The van der Waals surface area contributed by atoms with Gasteiger partial charge in [-0.1, -0.05) is 17.7 Å². The molecule has 1 saturated heterocycles. The largest absolute Gasteiger partial charge is 0.354 e. The van der Waals surface area contributed by atoms with Gasteiger partial charge in [-0.05, 0) is 50.5 Å². The second-order valence-corrected chi connectivity index (χ2v) is 10.3. The minimum Gasteiger partial charge on any atom is -0.354 e. The van der Waals surface area contributed by atoms with Crippen LogP contribution in [0.4, 0.5) is 0 Å². The zero-order chi connectivity index (χ0) is 19.3. The monoisotopic (exact) mass is 411 g/mol. The Morgan fingerprint density at radius 1 is 1.26 bits per heavy atom. The first-order valence-corrected chi connectivity index (χ1v) is 12.0. The molecule has 6 nitrogen and oxygen atoms in total. The zero-order valence-corrected chi connectivity index (χ0v) is 17.5. The molecule has 1 aliphatic carbocycles. The average molecular weight is 412 g/mol. The molecule has 0 spiro atoms. The molecule has 0 saturated carbocycles. The number of piperazine rings is 1. The Hall–Kier alpha value is -1.22. The minimum absolute atomic E-state index is 0.0287. The first-order chi connectivity index (χ1) is 13.0. The van der Waals surface area contributed by atoms with Crippen molar-refractivity contribution in [1.82, 2.24) is 14.5 Å². The lowest BCUT2D eigenvalue weighted by Gasteiger charge is -2.36. The van der Waals surface area contributed by atoms with E-state index in [1.807, 2.05) is 6.92 Å². The van der Waals surface area contributed by atoms with E-state index in [0.29, 0.717) is 36.9 Å². The van der Waals surface area contributed by atoms with Crippen LogP contribution in [-0.4, -0.2) is 62.3 Å². The molecule has 2 heterocycles. The van der Waals surface area contributed by atoms with Crippen molar-refractivity contribution in [3.63, 3.8) is 0 Å². The van der Waals surface area contributed by atoms with E-state index in [4.69, 9.17) is 0 Å². The van der Waals surface area contributed by atoms with Crippen molar-refractivity contribution in [2.75, 3.05) is 32.7 Å². The van der Waals surface area contributed by atoms with E-state index < -0.39 is 10.0 Å². The van der Waals surface area contributed by atoms with Gasteiger partial charge in [0.1, 0.15) is 4.21 Å². The predicted octanol–water partition coefficient (Wildman–Crippen LogP) is 2.45. The van der Waals surface area contributed by atoms with Gasteiger partial charge in [-0.15, -0.1) is 11.3 Å². The van der Waals surface area contributed by atoms with Crippen molar-refractivity contribution in [1.29, 1.82) is 0 Å². The van der Waals surface area contributed by atoms with Crippen LogP contribution in [0.5, 0.6) is 0 Å². The number of amides is 1. The number of sulfonamides is 1. The van der Waals surface area contributed by atoms with Gasteiger partial charge in [-0.25, -0.2) is 8.42 Å². The van der Waals surface area contributed by atoms with Crippen LogP contribution in [0.1, 0.15) is 39.0 Å². The number of hydrogen-bond donors (Lipinski definition) is 1. The smallest absolute Gasteiger partial charge is 0.252 e. The topological polar surface area (TPSA) is 69.7 Å². The van der Waals surface area contributed by atoms with Gasteiger partial charge < -0.3 is 5.32 Å². The van der Waals surface area contributed by atoms with E-state index in [2.05, 4.69) is 16.3 Å². The van der Waals surface area contributed by atoms with Crippen molar-refractivity contribution in [2.24, 2.45) is 0 Å². The van der Waals surface area contributed by atoms with E-state index in [-0.39, 0.29) is 11.9 Å². The van der Waals surface area contributed by atoms with Gasteiger partial charge in [-0.3, -0.25) is 9.69 Å². The van der Waals surface area contributed by atoms with Crippen LogP contribution >= 0.6 is 11.3 Å². The maximum absolute atomic E-state index is 12.6. The van der Waals surface area contributed by atoms with Crippen LogP contribution in [0.25, 0.3) is 0 Å². The van der Waals surface area contributed by atoms with Gasteiger partial charge in [0.05, 0.1) is 6.04 Å². The van der Waals surface area contributed by atoms with Crippen LogP contribution in [0.3, 0.4) is 0 Å². The van der Waals surface area contributed by atoms with Crippen molar-refractivity contribution in [3.8, 4) is 0 Å². The summed E-state index contributed by atoms with van der Waals surface area (Å²) in [6.07, 6.45) is 8.11. The molecule has 8 heteroatoms. The fraction of sp³-hybridized carbons (Fsp3) is 0.632. The summed E-state index contributed by atoms with van der Waals surface area (Å²) in [5.74, 6) is 0.0287. The Morgan fingerprint density at radius 2 is 2.04 bits per heavy atom. The molecule has 1 aromatic heterocycles. The fourth-order valence-electron chi connectivity index (χ4n) is 3.66. The molecule has 1 fully saturated rings. The lowest BCUT2D eigenvalue weighted by Crippen LogP contribution is -2.54. The number of carbonyl (C=O) groups is 1. The van der Waals surface area contributed by atoms with Gasteiger partial charge in [0.15, 0.2) is 0 Å². The normalized spacial score (nSPS) is 20.9. The number of allylic oxidation sites excluding steroid dienone is 1. The molecular formula is C19H29N3O3S2. The number of carbonyl (C=O) groups excluding carboxylic acids is 1. The van der Waals surface area contributed by atoms with Crippen LogP contribution in [0.2, 0.25) is 0 Å². The minimum atomic E-state index is -3.40. The predicted molar refractivity (Wildman–Crippen MR) is 108 cm³/mol. The fourth-order valence-corrected chi connectivity index (χ4v) is 6.23. The second-order valence-electron chi connectivity index (χ2n) is 7.20. The van der Waals surface area contributed by atoms with Crippen molar-refractivity contribution < 1.29 is 13.2 Å². The Morgan fingerprint density at radius 3 is 2.67 bits per heavy atom. The Bertz CT molecular complexity index is 751. The molecule has 0 unspecified atom stereocenters. The molecule has 1 aromatic rings. The summed E-state index contributed by atoms with van der Waals surface area (Å²) in [6, 6.07) is 3.16. The molecule has 27 heavy (non-hydrogen) atoms. The van der Waals surface area contributed by atoms with Crippen LogP contribution in [0, 0.1) is 0 Å². The highest BCUT2D eigenvalue weighted by atomic mass is 32.2. The first-order valence-electron chi connectivity index (χ1n) is 9.72. The third-order valence-corrected chi connectivity index (χ3v) is 8.69. The highest BCUT2D eigenvalue weighted by molar-refractivity contribution is 7.91. The van der Waals surface area contributed by atoms with Gasteiger partial charge in [0.2, 0.25) is 5.91 Å². The number of thiophene rings is 1. The van der Waals surface area contributed by atoms with E-state index in [9.17, 15) is 13.2 Å². The lowest BCUT2D eigenvalue weighted by atomic mass is 9.97. The average Bonchev–Trinajstić information content (AvgIpc) is 3.24. The third-order valence-electron chi connectivity index (χ3n) is 5.42. The number of rotatable bonds is 7. The van der Waals surface area contributed by atoms with Crippen LogP contribution in [-0.2, 0) is 14.8 Å². The Balaban J connectivity index is 1.44. The standard InChI is InChI=1S/C19H29N3O3S2/c1-16(19(23)20-10-9-17-6-3-2-4-7-17)21-11-13-22(14-12-21)27(24,25)18-8-5-15-26-18/h5-6,8,15-16H,2-4,7,9-14H2,1H3,(H,20,23)/t16-/m0/s1. The second kappa shape index (κ2) is 9.32. The Kier molecular flexibility index (Phi) is 7.08. The summed E-state index contributed by atoms with van der Waals surface area (Å²) in [6.45, 7) is 4.57. The summed E-state index contributed by atoms with van der Waals surface area (Å²) in [5.41, 5.74) is 1.46. The van der Waals surface area contributed by atoms with E-state index in [0.717, 1.165) is 12.8 Å². The van der Waals surface area contributed by atoms with Crippen molar-refractivity contribution >= 4 is 27.3 Å². The number of nitrogens with one attached hydrogen (secondary N) is 1.